The SMILES string of the molecule is CCCC(C)(C)NCc1ccc(OC)c(OC(F)F)c1. The van der Waals surface area contributed by atoms with Gasteiger partial charge in [-0.15, -0.1) is 0 Å². The number of rotatable bonds is 8. The number of hydrogen-bond acceptors (Lipinski definition) is 3. The van der Waals surface area contributed by atoms with Crippen LogP contribution in [-0.4, -0.2) is 19.3 Å². The zero-order valence-corrected chi connectivity index (χ0v) is 12.5. The summed E-state index contributed by atoms with van der Waals surface area (Å²) in [6.07, 6.45) is 2.13. The van der Waals surface area contributed by atoms with E-state index in [0.717, 1.165) is 18.4 Å². The summed E-state index contributed by atoms with van der Waals surface area (Å²) in [5.41, 5.74) is 0.893. The van der Waals surface area contributed by atoms with Gasteiger partial charge in [-0.25, -0.2) is 0 Å². The first-order valence-corrected chi connectivity index (χ1v) is 6.74. The minimum atomic E-state index is -2.86. The van der Waals surface area contributed by atoms with E-state index in [-0.39, 0.29) is 11.3 Å². The minimum absolute atomic E-state index is 0.0123. The highest BCUT2D eigenvalue weighted by Crippen LogP contribution is 2.29. The number of nitrogens with one attached hydrogen (secondary N) is 1. The number of methoxy groups -OCH3 is 1. The van der Waals surface area contributed by atoms with E-state index in [9.17, 15) is 8.78 Å². The molecule has 0 aliphatic rings. The molecule has 1 N–H and O–H groups in total. The van der Waals surface area contributed by atoms with Crippen molar-refractivity contribution >= 4 is 0 Å². The van der Waals surface area contributed by atoms with Crippen LogP contribution in [0.1, 0.15) is 39.2 Å². The quantitative estimate of drug-likeness (QED) is 0.785. The summed E-state index contributed by atoms with van der Waals surface area (Å²) in [4.78, 5) is 0. The van der Waals surface area contributed by atoms with Gasteiger partial charge in [-0.2, -0.15) is 8.78 Å². The Hall–Kier alpha value is -1.36. The van der Waals surface area contributed by atoms with Crippen molar-refractivity contribution in [3.05, 3.63) is 23.8 Å². The Bertz CT molecular complexity index is 422. The van der Waals surface area contributed by atoms with Crippen molar-refractivity contribution < 1.29 is 18.3 Å². The molecule has 0 aromatic heterocycles. The van der Waals surface area contributed by atoms with Crippen LogP contribution >= 0.6 is 0 Å². The average Bonchev–Trinajstić information content (AvgIpc) is 2.36. The van der Waals surface area contributed by atoms with Gasteiger partial charge in [-0.1, -0.05) is 19.4 Å². The molecule has 1 aromatic rings. The Morgan fingerprint density at radius 3 is 2.50 bits per heavy atom. The lowest BCUT2D eigenvalue weighted by molar-refractivity contribution is -0.0512. The summed E-state index contributed by atoms with van der Waals surface area (Å²) in [5, 5.41) is 3.41. The Morgan fingerprint density at radius 1 is 1.25 bits per heavy atom. The predicted molar refractivity (Wildman–Crippen MR) is 75.5 cm³/mol. The van der Waals surface area contributed by atoms with E-state index < -0.39 is 6.61 Å². The van der Waals surface area contributed by atoms with Crippen molar-refractivity contribution in [3.8, 4) is 11.5 Å². The van der Waals surface area contributed by atoms with Crippen LogP contribution in [0.25, 0.3) is 0 Å². The molecule has 0 aliphatic carbocycles. The monoisotopic (exact) mass is 287 g/mol. The molecule has 0 radical (unpaired) electrons. The van der Waals surface area contributed by atoms with Crippen LogP contribution < -0.4 is 14.8 Å². The van der Waals surface area contributed by atoms with Crippen LogP contribution in [0.4, 0.5) is 8.78 Å². The third-order valence-corrected chi connectivity index (χ3v) is 3.09. The molecule has 114 valence electrons. The third-order valence-electron chi connectivity index (χ3n) is 3.09. The van der Waals surface area contributed by atoms with E-state index in [1.165, 1.54) is 7.11 Å². The first-order chi connectivity index (χ1) is 9.38. The summed E-state index contributed by atoms with van der Waals surface area (Å²) in [7, 11) is 1.43. The second-order valence-electron chi connectivity index (χ2n) is 5.35. The molecule has 5 heteroatoms. The lowest BCUT2D eigenvalue weighted by atomic mass is 9.98. The second kappa shape index (κ2) is 7.43. The molecule has 3 nitrogen and oxygen atoms in total. The van der Waals surface area contributed by atoms with E-state index in [1.807, 2.05) is 6.07 Å². The van der Waals surface area contributed by atoms with Gasteiger partial charge >= 0.3 is 6.61 Å². The van der Waals surface area contributed by atoms with E-state index in [0.29, 0.717) is 12.3 Å². The third kappa shape index (κ3) is 5.33. The van der Waals surface area contributed by atoms with Gasteiger partial charge < -0.3 is 14.8 Å². The fourth-order valence-corrected chi connectivity index (χ4v) is 2.07. The molecule has 0 heterocycles. The molecule has 20 heavy (non-hydrogen) atoms. The Morgan fingerprint density at radius 2 is 1.95 bits per heavy atom. The number of hydrogen-bond donors (Lipinski definition) is 1. The predicted octanol–water partition coefficient (Wildman–Crippen LogP) is 3.96. The molecule has 0 amide bonds. The van der Waals surface area contributed by atoms with Gasteiger partial charge in [-0.3, -0.25) is 0 Å². The van der Waals surface area contributed by atoms with Gasteiger partial charge in [0.05, 0.1) is 7.11 Å². The summed E-state index contributed by atoms with van der Waals surface area (Å²) < 4.78 is 34.2. The molecule has 0 bridgehead atoms. The summed E-state index contributed by atoms with van der Waals surface area (Å²) in [6, 6.07) is 5.06. The molecular weight excluding hydrogens is 264 g/mol. The summed E-state index contributed by atoms with van der Waals surface area (Å²) >= 11 is 0. The highest BCUT2D eigenvalue weighted by atomic mass is 19.3. The zero-order valence-electron chi connectivity index (χ0n) is 12.5. The molecule has 0 saturated carbocycles. The maximum Gasteiger partial charge on any atom is 0.387 e. The molecule has 0 saturated heterocycles. The first-order valence-electron chi connectivity index (χ1n) is 6.74. The van der Waals surface area contributed by atoms with E-state index >= 15 is 0 Å². The highest BCUT2D eigenvalue weighted by molar-refractivity contribution is 5.43. The van der Waals surface area contributed by atoms with Crippen molar-refractivity contribution in [1.29, 1.82) is 0 Å². The van der Waals surface area contributed by atoms with E-state index in [2.05, 4.69) is 30.8 Å². The van der Waals surface area contributed by atoms with Crippen LogP contribution in [0, 0.1) is 0 Å². The summed E-state index contributed by atoms with van der Waals surface area (Å²) in [5.74, 6) is 0.372. The maximum absolute atomic E-state index is 12.4. The van der Waals surface area contributed by atoms with Crippen LogP contribution in [0.3, 0.4) is 0 Å². The lowest BCUT2D eigenvalue weighted by Gasteiger charge is -2.26. The summed E-state index contributed by atoms with van der Waals surface area (Å²) in [6.45, 7) is 4.11. The molecule has 0 fully saturated rings. The fraction of sp³-hybridized carbons (Fsp3) is 0.600. The van der Waals surface area contributed by atoms with Crippen LogP contribution in [0.5, 0.6) is 11.5 Å². The Balaban J connectivity index is 2.76. The van der Waals surface area contributed by atoms with Gasteiger partial charge in [0.2, 0.25) is 0 Å². The van der Waals surface area contributed by atoms with Crippen molar-refractivity contribution in [2.45, 2.75) is 52.3 Å². The molecule has 1 aromatic carbocycles. The number of ether oxygens (including phenoxy) is 2. The largest absolute Gasteiger partial charge is 0.493 e. The molecular formula is C15H23F2NO2. The van der Waals surface area contributed by atoms with Crippen molar-refractivity contribution in [2.24, 2.45) is 0 Å². The van der Waals surface area contributed by atoms with Crippen molar-refractivity contribution in [3.63, 3.8) is 0 Å². The Labute approximate surface area is 119 Å². The normalized spacial score (nSPS) is 11.8. The van der Waals surface area contributed by atoms with Gasteiger partial charge in [-0.05, 0) is 38.0 Å². The Kier molecular flexibility index (Phi) is 6.20. The van der Waals surface area contributed by atoms with E-state index in [1.54, 1.807) is 12.1 Å². The van der Waals surface area contributed by atoms with Gasteiger partial charge in [0.1, 0.15) is 0 Å². The first kappa shape index (κ1) is 16.7. The van der Waals surface area contributed by atoms with E-state index in [4.69, 9.17) is 4.74 Å². The van der Waals surface area contributed by atoms with Crippen molar-refractivity contribution in [1.82, 2.24) is 5.32 Å². The number of alkyl halides is 2. The number of benzene rings is 1. The standard InChI is InChI=1S/C15H23F2NO2/c1-5-8-15(2,3)18-10-11-6-7-12(19-4)13(9-11)20-14(16)17/h6-7,9,14,18H,5,8,10H2,1-4H3. The molecule has 0 unspecified atom stereocenters. The molecule has 0 spiro atoms. The van der Waals surface area contributed by atoms with Crippen molar-refractivity contribution in [2.75, 3.05) is 7.11 Å². The average molecular weight is 287 g/mol. The van der Waals surface area contributed by atoms with Gasteiger partial charge in [0, 0.05) is 12.1 Å². The van der Waals surface area contributed by atoms with Crippen LogP contribution in [-0.2, 0) is 6.54 Å². The topological polar surface area (TPSA) is 30.5 Å². The molecule has 0 aliphatic heterocycles. The molecule has 0 atom stereocenters. The second-order valence-corrected chi connectivity index (χ2v) is 5.35. The zero-order chi connectivity index (χ0) is 15.2. The molecule has 1 rings (SSSR count). The van der Waals surface area contributed by atoms with Crippen LogP contribution in [0.2, 0.25) is 0 Å². The van der Waals surface area contributed by atoms with Gasteiger partial charge in [0.15, 0.2) is 11.5 Å². The van der Waals surface area contributed by atoms with Gasteiger partial charge in [0.25, 0.3) is 0 Å². The smallest absolute Gasteiger partial charge is 0.387 e. The highest BCUT2D eigenvalue weighted by Gasteiger charge is 2.16. The fourth-order valence-electron chi connectivity index (χ4n) is 2.07. The lowest BCUT2D eigenvalue weighted by Crippen LogP contribution is -2.38. The minimum Gasteiger partial charge on any atom is -0.493 e. The van der Waals surface area contributed by atoms with Crippen LogP contribution in [0.15, 0.2) is 18.2 Å². The number of halogens is 2. The maximum atomic E-state index is 12.4.